The van der Waals surface area contributed by atoms with E-state index < -0.39 is 0 Å². The lowest BCUT2D eigenvalue weighted by Crippen LogP contribution is -1.97. The van der Waals surface area contributed by atoms with Gasteiger partial charge in [-0.05, 0) is 29.3 Å². The SMILES string of the molecule is C[C@@H](OC=O)c1ccc2ccccc2c1. The highest BCUT2D eigenvalue weighted by Gasteiger charge is 2.05. The summed E-state index contributed by atoms with van der Waals surface area (Å²) in [7, 11) is 0. The van der Waals surface area contributed by atoms with Crippen molar-refractivity contribution < 1.29 is 9.53 Å². The summed E-state index contributed by atoms with van der Waals surface area (Å²) in [6.45, 7) is 2.35. The minimum Gasteiger partial charge on any atom is -0.460 e. The molecule has 2 aromatic rings. The van der Waals surface area contributed by atoms with Crippen LogP contribution in [0.2, 0.25) is 0 Å². The average molecular weight is 200 g/mol. The molecular formula is C13H12O2. The van der Waals surface area contributed by atoms with Crippen molar-refractivity contribution in [2.45, 2.75) is 13.0 Å². The Morgan fingerprint density at radius 1 is 1.13 bits per heavy atom. The molecule has 0 fully saturated rings. The van der Waals surface area contributed by atoms with E-state index in [1.165, 1.54) is 5.39 Å². The zero-order valence-corrected chi connectivity index (χ0v) is 8.51. The predicted molar refractivity (Wildman–Crippen MR) is 59.5 cm³/mol. The van der Waals surface area contributed by atoms with Gasteiger partial charge >= 0.3 is 0 Å². The molecule has 0 aliphatic rings. The van der Waals surface area contributed by atoms with Crippen LogP contribution in [-0.4, -0.2) is 6.47 Å². The van der Waals surface area contributed by atoms with Gasteiger partial charge in [0.1, 0.15) is 6.10 Å². The first-order valence-electron chi connectivity index (χ1n) is 4.89. The average Bonchev–Trinajstić information content (AvgIpc) is 2.29. The second-order valence-corrected chi connectivity index (χ2v) is 3.48. The third-order valence-electron chi connectivity index (χ3n) is 2.50. The van der Waals surface area contributed by atoms with Crippen LogP contribution in [0.1, 0.15) is 18.6 Å². The maximum absolute atomic E-state index is 10.2. The van der Waals surface area contributed by atoms with Crippen LogP contribution in [0.3, 0.4) is 0 Å². The van der Waals surface area contributed by atoms with Gasteiger partial charge in [-0.1, -0.05) is 36.4 Å². The zero-order chi connectivity index (χ0) is 10.7. The summed E-state index contributed by atoms with van der Waals surface area (Å²) in [5.41, 5.74) is 1.01. The van der Waals surface area contributed by atoms with Crippen LogP contribution in [-0.2, 0) is 9.53 Å². The fourth-order valence-corrected chi connectivity index (χ4v) is 1.62. The van der Waals surface area contributed by atoms with E-state index in [9.17, 15) is 4.79 Å². The summed E-state index contributed by atoms with van der Waals surface area (Å²) in [5.74, 6) is 0. The first-order valence-corrected chi connectivity index (χ1v) is 4.89. The second-order valence-electron chi connectivity index (χ2n) is 3.48. The molecule has 2 nitrogen and oxygen atoms in total. The molecule has 15 heavy (non-hydrogen) atoms. The topological polar surface area (TPSA) is 26.3 Å². The normalized spacial score (nSPS) is 12.3. The van der Waals surface area contributed by atoms with Crippen molar-refractivity contribution in [1.82, 2.24) is 0 Å². The van der Waals surface area contributed by atoms with Crippen LogP contribution in [0.15, 0.2) is 42.5 Å². The summed E-state index contributed by atoms with van der Waals surface area (Å²) in [6, 6.07) is 14.2. The number of fused-ring (bicyclic) bond motifs is 1. The van der Waals surface area contributed by atoms with Gasteiger partial charge in [0.2, 0.25) is 0 Å². The Bertz CT molecular complexity index is 477. The minimum absolute atomic E-state index is 0.188. The molecule has 0 saturated carbocycles. The van der Waals surface area contributed by atoms with E-state index in [0.29, 0.717) is 6.47 Å². The van der Waals surface area contributed by atoms with Crippen LogP contribution in [0, 0.1) is 0 Å². The minimum atomic E-state index is -0.188. The van der Waals surface area contributed by atoms with E-state index in [4.69, 9.17) is 4.74 Å². The fourth-order valence-electron chi connectivity index (χ4n) is 1.62. The fraction of sp³-hybridized carbons (Fsp3) is 0.154. The first kappa shape index (κ1) is 9.71. The maximum Gasteiger partial charge on any atom is 0.293 e. The smallest absolute Gasteiger partial charge is 0.293 e. The van der Waals surface area contributed by atoms with Gasteiger partial charge in [0.05, 0.1) is 0 Å². The summed E-state index contributed by atoms with van der Waals surface area (Å²) >= 11 is 0. The molecular weight excluding hydrogens is 188 g/mol. The molecule has 1 atom stereocenters. The summed E-state index contributed by atoms with van der Waals surface area (Å²) in [5, 5.41) is 2.36. The summed E-state index contributed by atoms with van der Waals surface area (Å²) in [6.07, 6.45) is -0.188. The molecule has 0 radical (unpaired) electrons. The maximum atomic E-state index is 10.2. The summed E-state index contributed by atoms with van der Waals surface area (Å²) < 4.78 is 4.90. The third-order valence-corrected chi connectivity index (χ3v) is 2.50. The molecule has 0 aliphatic heterocycles. The first-order chi connectivity index (χ1) is 7.31. The predicted octanol–water partition coefficient (Wildman–Crippen LogP) is 3.07. The lowest BCUT2D eigenvalue weighted by molar-refractivity contribution is -0.133. The number of carbonyl (C=O) groups is 1. The van der Waals surface area contributed by atoms with Gasteiger partial charge in [0.15, 0.2) is 0 Å². The molecule has 0 heterocycles. The Hall–Kier alpha value is -1.83. The van der Waals surface area contributed by atoms with Crippen LogP contribution >= 0.6 is 0 Å². The zero-order valence-electron chi connectivity index (χ0n) is 8.51. The lowest BCUT2D eigenvalue weighted by Gasteiger charge is -2.10. The van der Waals surface area contributed by atoms with Crippen molar-refractivity contribution in [1.29, 1.82) is 0 Å². The Labute approximate surface area is 88.5 Å². The second kappa shape index (κ2) is 4.13. The van der Waals surface area contributed by atoms with Gasteiger partial charge in [-0.3, -0.25) is 4.79 Å². The van der Waals surface area contributed by atoms with Gasteiger partial charge in [-0.25, -0.2) is 0 Å². The molecule has 0 unspecified atom stereocenters. The number of carbonyl (C=O) groups excluding carboxylic acids is 1. The van der Waals surface area contributed by atoms with Crippen molar-refractivity contribution in [3.05, 3.63) is 48.0 Å². The highest BCUT2D eigenvalue weighted by Crippen LogP contribution is 2.21. The molecule has 2 rings (SSSR count). The number of ether oxygens (including phenoxy) is 1. The molecule has 0 aliphatic carbocycles. The van der Waals surface area contributed by atoms with E-state index in [-0.39, 0.29) is 6.10 Å². The van der Waals surface area contributed by atoms with E-state index in [2.05, 4.69) is 6.07 Å². The molecule has 0 spiro atoms. The standard InChI is InChI=1S/C13H12O2/c1-10(15-9-14)12-7-6-11-4-2-3-5-13(11)8-12/h2-10H,1H3/t10-/m1/s1. The van der Waals surface area contributed by atoms with Gasteiger partial charge in [-0.2, -0.15) is 0 Å². The van der Waals surface area contributed by atoms with Crippen LogP contribution < -0.4 is 0 Å². The number of rotatable bonds is 3. The van der Waals surface area contributed by atoms with Crippen molar-refractivity contribution >= 4 is 17.2 Å². The molecule has 0 aromatic heterocycles. The monoisotopic (exact) mass is 200 g/mol. The molecule has 76 valence electrons. The number of hydrogen-bond donors (Lipinski definition) is 0. The number of benzene rings is 2. The van der Waals surface area contributed by atoms with E-state index in [0.717, 1.165) is 10.9 Å². The van der Waals surface area contributed by atoms with Gasteiger partial charge < -0.3 is 4.74 Å². The molecule has 0 N–H and O–H groups in total. The highest BCUT2D eigenvalue weighted by molar-refractivity contribution is 5.83. The molecule has 2 heteroatoms. The van der Waals surface area contributed by atoms with E-state index in [1.807, 2.05) is 43.3 Å². The Kier molecular flexibility index (Phi) is 2.68. The van der Waals surface area contributed by atoms with Gasteiger partial charge in [0.25, 0.3) is 6.47 Å². The lowest BCUT2D eigenvalue weighted by atomic mass is 10.0. The van der Waals surface area contributed by atoms with Crippen molar-refractivity contribution in [2.24, 2.45) is 0 Å². The highest BCUT2D eigenvalue weighted by atomic mass is 16.5. The van der Waals surface area contributed by atoms with Crippen LogP contribution in [0.5, 0.6) is 0 Å². The van der Waals surface area contributed by atoms with Crippen molar-refractivity contribution in [3.63, 3.8) is 0 Å². The van der Waals surface area contributed by atoms with Crippen LogP contribution in [0.4, 0.5) is 0 Å². The Morgan fingerprint density at radius 3 is 2.60 bits per heavy atom. The molecule has 0 saturated heterocycles. The molecule has 2 aromatic carbocycles. The largest absolute Gasteiger partial charge is 0.460 e. The number of hydrogen-bond acceptors (Lipinski definition) is 2. The Balaban J connectivity index is 2.42. The van der Waals surface area contributed by atoms with E-state index >= 15 is 0 Å². The van der Waals surface area contributed by atoms with Gasteiger partial charge in [-0.15, -0.1) is 0 Å². The molecule has 0 bridgehead atoms. The van der Waals surface area contributed by atoms with E-state index in [1.54, 1.807) is 0 Å². The summed E-state index contributed by atoms with van der Waals surface area (Å²) in [4.78, 5) is 10.2. The van der Waals surface area contributed by atoms with Crippen molar-refractivity contribution in [3.8, 4) is 0 Å². The van der Waals surface area contributed by atoms with Gasteiger partial charge in [0, 0.05) is 0 Å². The Morgan fingerprint density at radius 2 is 1.87 bits per heavy atom. The van der Waals surface area contributed by atoms with Crippen molar-refractivity contribution in [2.75, 3.05) is 0 Å². The quantitative estimate of drug-likeness (QED) is 0.712. The third kappa shape index (κ3) is 1.99. The molecule has 0 amide bonds. The van der Waals surface area contributed by atoms with Crippen LogP contribution in [0.25, 0.3) is 10.8 Å².